The number of esters is 1. The fourth-order valence-electron chi connectivity index (χ4n) is 5.21. The summed E-state index contributed by atoms with van der Waals surface area (Å²) in [5.74, 6) is 0.952. The largest absolute Gasteiger partial charge is 0.493 e. The van der Waals surface area contributed by atoms with Crippen molar-refractivity contribution in [2.75, 3.05) is 18.1 Å². The molecule has 0 atom stereocenters. The van der Waals surface area contributed by atoms with Crippen molar-refractivity contribution in [2.24, 2.45) is 0 Å². The van der Waals surface area contributed by atoms with E-state index in [0.717, 1.165) is 40.6 Å². The molecular weight excluding hydrogens is 536 g/mol. The third-order valence-corrected chi connectivity index (χ3v) is 7.34. The molecule has 6 heteroatoms. The summed E-state index contributed by atoms with van der Waals surface area (Å²) >= 11 is 0. The minimum atomic E-state index is -0.215. The molecule has 0 aliphatic carbocycles. The van der Waals surface area contributed by atoms with Gasteiger partial charge >= 0.3 is 5.97 Å². The van der Waals surface area contributed by atoms with Gasteiger partial charge in [0.15, 0.2) is 5.58 Å². The van der Waals surface area contributed by atoms with Crippen molar-refractivity contribution >= 4 is 33.5 Å². The van der Waals surface area contributed by atoms with Crippen LogP contribution in [0.2, 0.25) is 0 Å². The molecule has 0 fully saturated rings. The van der Waals surface area contributed by atoms with Gasteiger partial charge in [0.1, 0.15) is 11.3 Å². The van der Waals surface area contributed by atoms with E-state index in [1.165, 1.54) is 11.1 Å². The van der Waals surface area contributed by atoms with Crippen molar-refractivity contribution in [1.82, 2.24) is 4.98 Å². The summed E-state index contributed by atoms with van der Waals surface area (Å²) in [5, 5.41) is 2.12. The highest BCUT2D eigenvalue weighted by Gasteiger charge is 2.17. The number of hydrogen-bond donors (Lipinski definition) is 0. The molecule has 1 heterocycles. The van der Waals surface area contributed by atoms with Crippen LogP contribution in [0.15, 0.2) is 120 Å². The van der Waals surface area contributed by atoms with Crippen LogP contribution < -0.4 is 9.64 Å². The van der Waals surface area contributed by atoms with Crippen LogP contribution in [0.1, 0.15) is 30.9 Å². The number of carbonyl (C=O) groups excluding carboxylic acids is 1. The second-order valence-corrected chi connectivity index (χ2v) is 10.5. The molecule has 0 aliphatic rings. The van der Waals surface area contributed by atoms with E-state index in [9.17, 15) is 4.79 Å². The van der Waals surface area contributed by atoms with Gasteiger partial charge in [-0.05, 0) is 59.5 Å². The van der Waals surface area contributed by atoms with Crippen LogP contribution >= 0.6 is 0 Å². The summed E-state index contributed by atoms with van der Waals surface area (Å²) in [6, 6.07) is 39.4. The van der Waals surface area contributed by atoms with Gasteiger partial charge in [0.2, 0.25) is 5.89 Å². The summed E-state index contributed by atoms with van der Waals surface area (Å²) in [6.07, 6.45) is 0.867. The van der Waals surface area contributed by atoms with Gasteiger partial charge in [0.05, 0.1) is 18.8 Å². The number of aromatic nitrogens is 1. The number of rotatable bonds is 12. The van der Waals surface area contributed by atoms with Gasteiger partial charge in [-0.25, -0.2) is 4.98 Å². The Bertz CT molecular complexity index is 1770. The predicted octanol–water partition coefficient (Wildman–Crippen LogP) is 8.58. The molecule has 0 saturated heterocycles. The van der Waals surface area contributed by atoms with E-state index in [1.807, 2.05) is 43.3 Å². The van der Waals surface area contributed by atoms with E-state index in [-0.39, 0.29) is 5.97 Å². The first-order chi connectivity index (χ1) is 21.2. The second kappa shape index (κ2) is 13.3. The topological polar surface area (TPSA) is 64.8 Å². The van der Waals surface area contributed by atoms with E-state index in [4.69, 9.17) is 18.9 Å². The van der Waals surface area contributed by atoms with Crippen LogP contribution in [0.5, 0.6) is 5.75 Å². The fourth-order valence-corrected chi connectivity index (χ4v) is 5.21. The van der Waals surface area contributed by atoms with Gasteiger partial charge < -0.3 is 18.8 Å². The molecule has 0 aliphatic heterocycles. The molecule has 6 nitrogen and oxygen atoms in total. The third kappa shape index (κ3) is 6.87. The van der Waals surface area contributed by atoms with Crippen molar-refractivity contribution in [2.45, 2.75) is 32.9 Å². The van der Waals surface area contributed by atoms with Crippen LogP contribution in [-0.4, -0.2) is 24.2 Å². The smallest absolute Gasteiger partial charge is 0.305 e. The Morgan fingerprint density at radius 1 is 0.791 bits per heavy atom. The lowest BCUT2D eigenvalue weighted by Crippen LogP contribution is -2.22. The standard InChI is InChI=1S/C37H34N2O4/c1-2-41-36(40)18-11-21-42-34-23-30-17-10-9-16-29(30)22-32(34)37-38-33-20-19-31(24-35(33)43-37)39(25-27-12-5-3-6-13-27)26-28-14-7-4-8-15-28/h3-10,12-17,19-20,22-24H,2,11,18,21,25-26H2,1H3. The molecule has 6 rings (SSSR count). The Labute approximate surface area is 251 Å². The number of benzene rings is 5. The Kier molecular flexibility index (Phi) is 8.64. The number of carbonyl (C=O) groups is 1. The maximum absolute atomic E-state index is 11.8. The van der Waals surface area contributed by atoms with E-state index in [0.29, 0.717) is 43.3 Å². The Hall–Kier alpha value is -5.10. The summed E-state index contributed by atoms with van der Waals surface area (Å²) in [7, 11) is 0. The van der Waals surface area contributed by atoms with Crippen molar-refractivity contribution in [3.8, 4) is 17.2 Å². The molecule has 1 aromatic heterocycles. The Morgan fingerprint density at radius 2 is 1.44 bits per heavy atom. The zero-order valence-corrected chi connectivity index (χ0v) is 24.2. The molecule has 0 unspecified atom stereocenters. The molecule has 0 N–H and O–H groups in total. The molecule has 0 amide bonds. The molecular formula is C37H34N2O4. The lowest BCUT2D eigenvalue weighted by molar-refractivity contribution is -0.143. The molecule has 43 heavy (non-hydrogen) atoms. The van der Waals surface area contributed by atoms with Gasteiger partial charge in [-0.15, -0.1) is 0 Å². The SMILES string of the molecule is CCOC(=O)CCCOc1cc2ccccc2cc1-c1nc2ccc(N(Cc3ccccc3)Cc3ccccc3)cc2o1. The minimum absolute atomic E-state index is 0.215. The quantitative estimate of drug-likeness (QED) is 0.108. The number of fused-ring (bicyclic) bond motifs is 2. The van der Waals surface area contributed by atoms with Crippen LogP contribution in [0, 0.1) is 0 Å². The predicted molar refractivity (Wildman–Crippen MR) is 171 cm³/mol. The van der Waals surface area contributed by atoms with Crippen LogP contribution in [0.3, 0.4) is 0 Å². The first-order valence-electron chi connectivity index (χ1n) is 14.7. The maximum Gasteiger partial charge on any atom is 0.305 e. The van der Waals surface area contributed by atoms with Gasteiger partial charge in [0.25, 0.3) is 0 Å². The van der Waals surface area contributed by atoms with E-state index in [2.05, 4.69) is 83.8 Å². The molecule has 216 valence electrons. The summed E-state index contributed by atoms with van der Waals surface area (Å²) in [6.45, 7) is 4.09. The molecule has 5 aromatic carbocycles. The van der Waals surface area contributed by atoms with E-state index < -0.39 is 0 Å². The van der Waals surface area contributed by atoms with Gasteiger partial charge in [-0.3, -0.25) is 4.79 Å². The first kappa shape index (κ1) is 28.0. The third-order valence-electron chi connectivity index (χ3n) is 7.34. The number of ether oxygens (including phenoxy) is 2. The molecule has 0 radical (unpaired) electrons. The lowest BCUT2D eigenvalue weighted by atomic mass is 10.1. The van der Waals surface area contributed by atoms with Gasteiger partial charge in [0, 0.05) is 31.3 Å². The number of nitrogens with zero attached hydrogens (tertiary/aromatic N) is 2. The van der Waals surface area contributed by atoms with Crippen molar-refractivity contribution < 1.29 is 18.7 Å². The number of anilines is 1. The zero-order valence-electron chi connectivity index (χ0n) is 24.2. The maximum atomic E-state index is 11.8. The van der Waals surface area contributed by atoms with Crippen LogP contribution in [0.25, 0.3) is 33.3 Å². The van der Waals surface area contributed by atoms with Gasteiger partial charge in [-0.1, -0.05) is 84.9 Å². The van der Waals surface area contributed by atoms with Crippen LogP contribution in [-0.2, 0) is 22.6 Å². The van der Waals surface area contributed by atoms with Crippen molar-refractivity contribution in [3.63, 3.8) is 0 Å². The number of oxazole rings is 1. The molecule has 6 aromatic rings. The van der Waals surface area contributed by atoms with Crippen molar-refractivity contribution in [3.05, 3.63) is 126 Å². The first-order valence-corrected chi connectivity index (χ1v) is 14.7. The normalized spacial score (nSPS) is 11.1. The fraction of sp³-hybridized carbons (Fsp3) is 0.189. The van der Waals surface area contributed by atoms with E-state index >= 15 is 0 Å². The minimum Gasteiger partial charge on any atom is -0.493 e. The Balaban J connectivity index is 1.31. The number of hydrogen-bond acceptors (Lipinski definition) is 6. The average molecular weight is 571 g/mol. The molecule has 0 bridgehead atoms. The monoisotopic (exact) mass is 570 g/mol. The lowest BCUT2D eigenvalue weighted by Gasteiger charge is -2.25. The molecule has 0 spiro atoms. The highest BCUT2D eigenvalue weighted by molar-refractivity contribution is 5.90. The zero-order chi connectivity index (χ0) is 29.4. The summed E-state index contributed by atoms with van der Waals surface area (Å²) in [4.78, 5) is 19.0. The Morgan fingerprint density at radius 3 is 2.12 bits per heavy atom. The summed E-state index contributed by atoms with van der Waals surface area (Å²) in [5.41, 5.74) is 5.78. The van der Waals surface area contributed by atoms with E-state index in [1.54, 1.807) is 0 Å². The van der Waals surface area contributed by atoms with Crippen molar-refractivity contribution in [1.29, 1.82) is 0 Å². The van der Waals surface area contributed by atoms with Gasteiger partial charge in [-0.2, -0.15) is 0 Å². The molecule has 0 saturated carbocycles. The summed E-state index contributed by atoms with van der Waals surface area (Å²) < 4.78 is 17.7. The highest BCUT2D eigenvalue weighted by Crippen LogP contribution is 2.36. The van der Waals surface area contributed by atoms with Crippen LogP contribution in [0.4, 0.5) is 5.69 Å². The second-order valence-electron chi connectivity index (χ2n) is 10.5. The highest BCUT2D eigenvalue weighted by atomic mass is 16.5. The average Bonchev–Trinajstić information content (AvgIpc) is 3.47.